The highest BCUT2D eigenvalue weighted by Gasteiger charge is 2.17. The van der Waals surface area contributed by atoms with Gasteiger partial charge in [-0.25, -0.2) is 4.39 Å². The number of carbonyl (C=O) groups excluding carboxylic acids is 1. The van der Waals surface area contributed by atoms with Crippen molar-refractivity contribution in [2.75, 3.05) is 6.54 Å². The van der Waals surface area contributed by atoms with Crippen LogP contribution in [0.2, 0.25) is 0 Å². The van der Waals surface area contributed by atoms with Gasteiger partial charge in [0.05, 0.1) is 12.6 Å². The lowest BCUT2D eigenvalue weighted by molar-refractivity contribution is -0.121. The first-order valence-electron chi connectivity index (χ1n) is 8.30. The topological polar surface area (TPSA) is 41.1 Å². The van der Waals surface area contributed by atoms with Crippen molar-refractivity contribution >= 4 is 5.91 Å². The SMILES string of the molecule is CC(C)[C@@H](NCC(=O)N[C@H](C)c1ccccc1)c1ccc(F)cc1. The number of amides is 1. The molecule has 2 aromatic rings. The second kappa shape index (κ2) is 8.60. The molecule has 2 N–H and O–H groups in total. The number of benzene rings is 2. The van der Waals surface area contributed by atoms with E-state index in [9.17, 15) is 9.18 Å². The van der Waals surface area contributed by atoms with E-state index in [2.05, 4.69) is 24.5 Å². The second-order valence-electron chi connectivity index (χ2n) is 6.35. The van der Waals surface area contributed by atoms with Gasteiger partial charge >= 0.3 is 0 Å². The summed E-state index contributed by atoms with van der Waals surface area (Å²) >= 11 is 0. The fraction of sp³-hybridized carbons (Fsp3) is 0.350. The highest BCUT2D eigenvalue weighted by atomic mass is 19.1. The van der Waals surface area contributed by atoms with Gasteiger partial charge in [-0.15, -0.1) is 0 Å². The molecule has 2 rings (SSSR count). The molecule has 1 amide bonds. The van der Waals surface area contributed by atoms with Crippen molar-refractivity contribution in [3.05, 3.63) is 71.5 Å². The normalized spacial score (nSPS) is 13.5. The van der Waals surface area contributed by atoms with Crippen LogP contribution in [0.3, 0.4) is 0 Å². The summed E-state index contributed by atoms with van der Waals surface area (Å²) in [5, 5.41) is 6.27. The fourth-order valence-corrected chi connectivity index (χ4v) is 2.73. The lowest BCUT2D eigenvalue weighted by atomic mass is 9.96. The van der Waals surface area contributed by atoms with E-state index >= 15 is 0 Å². The van der Waals surface area contributed by atoms with E-state index < -0.39 is 0 Å². The standard InChI is InChI=1S/C20H25FN2O/c1-14(2)20(17-9-11-18(21)12-10-17)22-13-19(24)23-15(3)16-7-5-4-6-8-16/h4-12,14-15,20,22H,13H2,1-3H3,(H,23,24)/t15-,20-/m1/s1. The zero-order valence-corrected chi connectivity index (χ0v) is 14.4. The predicted molar refractivity (Wildman–Crippen MR) is 95.0 cm³/mol. The zero-order chi connectivity index (χ0) is 17.5. The molecule has 0 aliphatic carbocycles. The van der Waals surface area contributed by atoms with Gasteiger partial charge in [0.25, 0.3) is 0 Å². The molecule has 0 aliphatic rings. The van der Waals surface area contributed by atoms with Gasteiger partial charge in [-0.1, -0.05) is 56.3 Å². The number of hydrogen-bond acceptors (Lipinski definition) is 2. The third-order valence-electron chi connectivity index (χ3n) is 4.06. The molecule has 24 heavy (non-hydrogen) atoms. The van der Waals surface area contributed by atoms with Crippen LogP contribution in [0.4, 0.5) is 4.39 Å². The number of halogens is 1. The van der Waals surface area contributed by atoms with Crippen molar-refractivity contribution in [3.8, 4) is 0 Å². The predicted octanol–water partition coefficient (Wildman–Crippen LogP) is 3.99. The maximum atomic E-state index is 13.1. The van der Waals surface area contributed by atoms with Crippen LogP contribution in [-0.2, 0) is 4.79 Å². The van der Waals surface area contributed by atoms with E-state index in [1.807, 2.05) is 37.3 Å². The Morgan fingerprint density at radius 3 is 2.17 bits per heavy atom. The van der Waals surface area contributed by atoms with Crippen molar-refractivity contribution in [3.63, 3.8) is 0 Å². The summed E-state index contributed by atoms with van der Waals surface area (Å²) in [5.74, 6) is -0.0235. The van der Waals surface area contributed by atoms with Gasteiger partial charge in [0.15, 0.2) is 0 Å². The van der Waals surface area contributed by atoms with E-state index in [1.165, 1.54) is 12.1 Å². The van der Waals surface area contributed by atoms with Crippen LogP contribution in [0.5, 0.6) is 0 Å². The maximum absolute atomic E-state index is 13.1. The molecule has 0 aromatic heterocycles. The third-order valence-corrected chi connectivity index (χ3v) is 4.06. The van der Waals surface area contributed by atoms with Gasteiger partial charge in [0.1, 0.15) is 5.82 Å². The van der Waals surface area contributed by atoms with E-state index in [-0.39, 0.29) is 36.3 Å². The summed E-state index contributed by atoms with van der Waals surface area (Å²) in [6.07, 6.45) is 0. The summed E-state index contributed by atoms with van der Waals surface area (Å²) in [6.45, 7) is 6.33. The lowest BCUT2D eigenvalue weighted by Gasteiger charge is -2.23. The first-order valence-corrected chi connectivity index (χ1v) is 8.30. The molecule has 0 aliphatic heterocycles. The van der Waals surface area contributed by atoms with Gasteiger partial charge in [0.2, 0.25) is 5.91 Å². The molecule has 0 saturated carbocycles. The third kappa shape index (κ3) is 5.17. The smallest absolute Gasteiger partial charge is 0.234 e. The Hall–Kier alpha value is -2.20. The Morgan fingerprint density at radius 2 is 1.58 bits per heavy atom. The van der Waals surface area contributed by atoms with Gasteiger partial charge < -0.3 is 10.6 Å². The van der Waals surface area contributed by atoms with Gasteiger partial charge in [-0.05, 0) is 36.1 Å². The Kier molecular flexibility index (Phi) is 6.50. The highest BCUT2D eigenvalue weighted by Crippen LogP contribution is 2.21. The zero-order valence-electron chi connectivity index (χ0n) is 14.4. The van der Waals surface area contributed by atoms with Gasteiger partial charge in [-0.3, -0.25) is 4.79 Å². The molecule has 0 unspecified atom stereocenters. The number of nitrogens with one attached hydrogen (secondary N) is 2. The van der Waals surface area contributed by atoms with Crippen molar-refractivity contribution in [2.24, 2.45) is 5.92 Å². The Morgan fingerprint density at radius 1 is 0.958 bits per heavy atom. The number of carbonyl (C=O) groups is 1. The first-order chi connectivity index (χ1) is 11.5. The molecule has 0 heterocycles. The monoisotopic (exact) mass is 328 g/mol. The van der Waals surface area contributed by atoms with Crippen molar-refractivity contribution in [1.29, 1.82) is 0 Å². The average molecular weight is 328 g/mol. The minimum absolute atomic E-state index is 0.00313. The van der Waals surface area contributed by atoms with E-state index in [0.29, 0.717) is 0 Å². The average Bonchev–Trinajstić information content (AvgIpc) is 2.57. The van der Waals surface area contributed by atoms with Crippen LogP contribution >= 0.6 is 0 Å². The maximum Gasteiger partial charge on any atom is 0.234 e. The van der Waals surface area contributed by atoms with Gasteiger partial charge in [0, 0.05) is 6.04 Å². The molecule has 3 nitrogen and oxygen atoms in total. The highest BCUT2D eigenvalue weighted by molar-refractivity contribution is 5.78. The molecule has 128 valence electrons. The fourth-order valence-electron chi connectivity index (χ4n) is 2.73. The molecular formula is C20H25FN2O. The summed E-state index contributed by atoms with van der Waals surface area (Å²) in [6, 6.07) is 16.2. The van der Waals surface area contributed by atoms with Crippen molar-refractivity contribution in [2.45, 2.75) is 32.9 Å². The second-order valence-corrected chi connectivity index (χ2v) is 6.35. The molecule has 0 saturated heterocycles. The molecule has 2 aromatic carbocycles. The number of rotatable bonds is 7. The summed E-state index contributed by atoms with van der Waals surface area (Å²) in [5.41, 5.74) is 2.06. The van der Waals surface area contributed by atoms with Crippen LogP contribution in [0.1, 0.15) is 44.0 Å². The van der Waals surface area contributed by atoms with E-state index in [4.69, 9.17) is 0 Å². The van der Waals surface area contributed by atoms with Crippen LogP contribution in [0.25, 0.3) is 0 Å². The summed E-state index contributed by atoms with van der Waals surface area (Å²) in [4.78, 5) is 12.2. The van der Waals surface area contributed by atoms with E-state index in [0.717, 1.165) is 11.1 Å². The Balaban J connectivity index is 1.92. The largest absolute Gasteiger partial charge is 0.348 e. The summed E-state index contributed by atoms with van der Waals surface area (Å²) in [7, 11) is 0. The molecular weight excluding hydrogens is 303 g/mol. The minimum Gasteiger partial charge on any atom is -0.348 e. The van der Waals surface area contributed by atoms with Crippen LogP contribution in [0, 0.1) is 11.7 Å². The van der Waals surface area contributed by atoms with Crippen LogP contribution in [0.15, 0.2) is 54.6 Å². The van der Waals surface area contributed by atoms with Crippen molar-refractivity contribution < 1.29 is 9.18 Å². The molecule has 0 radical (unpaired) electrons. The van der Waals surface area contributed by atoms with Gasteiger partial charge in [-0.2, -0.15) is 0 Å². The molecule has 0 bridgehead atoms. The lowest BCUT2D eigenvalue weighted by Crippen LogP contribution is -2.38. The minimum atomic E-state index is -0.254. The van der Waals surface area contributed by atoms with Crippen molar-refractivity contribution in [1.82, 2.24) is 10.6 Å². The Labute approximate surface area is 143 Å². The number of hydrogen-bond donors (Lipinski definition) is 2. The van der Waals surface area contributed by atoms with Crippen LogP contribution in [-0.4, -0.2) is 12.5 Å². The molecule has 4 heteroatoms. The quantitative estimate of drug-likeness (QED) is 0.807. The molecule has 0 spiro atoms. The molecule has 0 fully saturated rings. The Bertz CT molecular complexity index is 640. The summed E-state index contributed by atoms with van der Waals surface area (Å²) < 4.78 is 13.1. The molecule has 2 atom stereocenters. The van der Waals surface area contributed by atoms with Crippen LogP contribution < -0.4 is 10.6 Å². The first kappa shape index (κ1) is 18.1. The van der Waals surface area contributed by atoms with E-state index in [1.54, 1.807) is 12.1 Å².